The first-order valence-corrected chi connectivity index (χ1v) is 21.4. The summed E-state index contributed by atoms with van der Waals surface area (Å²) in [5, 5.41) is 10.3. The maximum Gasteiger partial charge on any atom is 0.424 e. The van der Waals surface area contributed by atoms with E-state index in [2.05, 4.69) is 60.7 Å². The minimum absolute atomic E-state index is 0.00947. The molecule has 1 N–H and O–H groups in total. The van der Waals surface area contributed by atoms with Crippen LogP contribution in [0.2, 0.25) is 18.1 Å². The van der Waals surface area contributed by atoms with Gasteiger partial charge in [0.25, 0.3) is 10.0 Å². The highest BCUT2D eigenvalue weighted by Crippen LogP contribution is 2.40. The Morgan fingerprint density at radius 3 is 1.94 bits per heavy atom. The van der Waals surface area contributed by atoms with Gasteiger partial charge in [-0.05, 0) is 98.8 Å². The van der Waals surface area contributed by atoms with Gasteiger partial charge in [0.1, 0.15) is 5.60 Å². The SMILES string of the molecule is Cc1ccc(S(=O)(=O)N(C(=O)OC(C)(C)C)C(CC(C)C)C(CC(=O)O)c2ccc(C(C)(C)C)cc2CCO[Si](C)(C)C(C)(C)C)cc1. The Morgan fingerprint density at radius 1 is 0.917 bits per heavy atom. The maximum atomic E-state index is 14.5. The Morgan fingerprint density at radius 2 is 1.48 bits per heavy atom. The predicted octanol–water partition coefficient (Wildman–Crippen LogP) is 9.46. The summed E-state index contributed by atoms with van der Waals surface area (Å²) < 4.78 is 42.2. The van der Waals surface area contributed by atoms with Gasteiger partial charge in [0.05, 0.1) is 17.4 Å². The van der Waals surface area contributed by atoms with Crippen LogP contribution in [0.4, 0.5) is 4.79 Å². The molecule has 2 rings (SSSR count). The van der Waals surface area contributed by atoms with Crippen LogP contribution >= 0.6 is 0 Å². The molecule has 0 aromatic heterocycles. The van der Waals surface area contributed by atoms with E-state index in [4.69, 9.17) is 9.16 Å². The molecule has 2 atom stereocenters. The molecule has 2 aromatic carbocycles. The van der Waals surface area contributed by atoms with Gasteiger partial charge in [0, 0.05) is 12.5 Å². The molecule has 0 saturated heterocycles. The molecule has 2 aromatic rings. The van der Waals surface area contributed by atoms with Crippen LogP contribution in [0.5, 0.6) is 0 Å². The Kier molecular flexibility index (Phi) is 13.4. The number of ether oxygens (including phenoxy) is 1. The summed E-state index contributed by atoms with van der Waals surface area (Å²) in [5.41, 5.74) is 2.33. The molecule has 10 heteroatoms. The third kappa shape index (κ3) is 11.2. The highest BCUT2D eigenvalue weighted by Gasteiger charge is 2.44. The second-order valence-corrected chi connectivity index (χ2v) is 23.6. The summed E-state index contributed by atoms with van der Waals surface area (Å²) in [7, 11) is -6.56. The molecule has 8 nitrogen and oxygen atoms in total. The lowest BCUT2D eigenvalue weighted by atomic mass is 9.78. The standard InChI is InChI=1S/C38H61NO7SSi/c1-26(2)23-33(39(35(42)46-37(7,8)9)47(43,44)30-18-15-27(3)16-19-30)32(25-34(40)41)31-20-17-29(36(4,5)6)24-28(31)21-22-45-48(13,14)38(10,11)12/h15-20,24,26,32-33H,21-23,25H2,1-14H3,(H,40,41). The van der Waals surface area contributed by atoms with E-state index in [-0.39, 0.29) is 34.1 Å². The van der Waals surface area contributed by atoms with Crippen molar-refractivity contribution in [3.8, 4) is 0 Å². The van der Waals surface area contributed by atoms with Crippen molar-refractivity contribution in [3.63, 3.8) is 0 Å². The fourth-order valence-electron chi connectivity index (χ4n) is 5.37. The van der Waals surface area contributed by atoms with Crippen LogP contribution in [-0.2, 0) is 35.8 Å². The summed E-state index contributed by atoms with van der Waals surface area (Å²) in [4.78, 5) is 26.7. The molecular formula is C38H61NO7SSi. The zero-order valence-electron chi connectivity index (χ0n) is 31.9. The third-order valence-electron chi connectivity index (χ3n) is 9.07. The smallest absolute Gasteiger partial charge is 0.424 e. The van der Waals surface area contributed by atoms with Crippen molar-refractivity contribution < 1.29 is 32.3 Å². The molecule has 0 aliphatic heterocycles. The van der Waals surface area contributed by atoms with Gasteiger partial charge in [-0.15, -0.1) is 0 Å². The minimum atomic E-state index is -4.47. The number of sulfonamides is 1. The average Bonchev–Trinajstić information content (AvgIpc) is 2.89. The Labute approximate surface area is 291 Å². The summed E-state index contributed by atoms with van der Waals surface area (Å²) in [6, 6.07) is 11.3. The number of amides is 1. The van der Waals surface area contributed by atoms with Crippen molar-refractivity contribution in [3.05, 3.63) is 64.7 Å². The van der Waals surface area contributed by atoms with Crippen LogP contribution in [-0.4, -0.2) is 56.5 Å². The molecule has 0 fully saturated rings. The van der Waals surface area contributed by atoms with E-state index in [1.165, 1.54) is 12.1 Å². The van der Waals surface area contributed by atoms with Crippen molar-refractivity contribution in [2.45, 2.75) is 148 Å². The molecule has 270 valence electrons. The number of rotatable bonds is 13. The number of benzene rings is 2. The van der Waals surface area contributed by atoms with Crippen molar-refractivity contribution in [2.24, 2.45) is 5.92 Å². The van der Waals surface area contributed by atoms with Gasteiger partial charge in [-0.25, -0.2) is 13.2 Å². The normalized spacial score (nSPS) is 14.5. The second kappa shape index (κ2) is 15.5. The predicted molar refractivity (Wildman–Crippen MR) is 197 cm³/mol. The average molecular weight is 704 g/mol. The lowest BCUT2D eigenvalue weighted by Gasteiger charge is -2.39. The number of carbonyl (C=O) groups excluding carboxylic acids is 1. The number of carboxylic acids is 1. The topological polar surface area (TPSA) is 110 Å². The van der Waals surface area contributed by atoms with Crippen LogP contribution in [0.25, 0.3) is 0 Å². The summed E-state index contributed by atoms with van der Waals surface area (Å²) >= 11 is 0. The lowest BCUT2D eigenvalue weighted by molar-refractivity contribution is -0.137. The van der Waals surface area contributed by atoms with Gasteiger partial charge in [0.15, 0.2) is 8.32 Å². The van der Waals surface area contributed by atoms with E-state index >= 15 is 0 Å². The quantitative estimate of drug-likeness (QED) is 0.207. The van der Waals surface area contributed by atoms with E-state index < -0.39 is 48.0 Å². The molecule has 0 radical (unpaired) electrons. The number of hydrogen-bond acceptors (Lipinski definition) is 6. The molecule has 2 unspecified atom stereocenters. The van der Waals surface area contributed by atoms with Crippen LogP contribution in [0.1, 0.15) is 117 Å². The zero-order chi connectivity index (χ0) is 37.0. The molecule has 0 bridgehead atoms. The van der Waals surface area contributed by atoms with E-state index in [0.29, 0.717) is 18.6 Å². The van der Waals surface area contributed by atoms with Gasteiger partial charge < -0.3 is 14.3 Å². The summed E-state index contributed by atoms with van der Waals surface area (Å²) in [6.07, 6.45) is -0.681. The molecule has 1 amide bonds. The first-order chi connectivity index (χ1) is 21.7. The molecule has 0 aliphatic rings. The third-order valence-corrected chi connectivity index (χ3v) is 15.4. The summed E-state index contributed by atoms with van der Waals surface area (Å²) in [5.74, 6) is -2.04. The number of hydrogen-bond donors (Lipinski definition) is 1. The molecular weight excluding hydrogens is 643 g/mol. The molecule has 0 heterocycles. The van der Waals surface area contributed by atoms with Gasteiger partial charge in [-0.2, -0.15) is 4.31 Å². The van der Waals surface area contributed by atoms with Crippen LogP contribution < -0.4 is 0 Å². The maximum absolute atomic E-state index is 14.5. The molecule has 0 saturated carbocycles. The Bertz CT molecular complexity index is 1510. The number of carbonyl (C=O) groups is 2. The van der Waals surface area contributed by atoms with Gasteiger partial charge in [-0.3, -0.25) is 4.79 Å². The van der Waals surface area contributed by atoms with Crippen LogP contribution in [0.15, 0.2) is 47.4 Å². The van der Waals surface area contributed by atoms with E-state index in [9.17, 15) is 23.1 Å². The number of aliphatic carboxylic acids is 1. The first kappa shape index (κ1) is 41.5. The van der Waals surface area contributed by atoms with Crippen molar-refractivity contribution in [1.82, 2.24) is 4.31 Å². The van der Waals surface area contributed by atoms with Crippen LogP contribution in [0, 0.1) is 12.8 Å². The molecule has 0 aliphatic carbocycles. The fraction of sp³-hybridized carbons (Fsp3) is 0.632. The Balaban J connectivity index is 2.91. The van der Waals surface area contributed by atoms with Crippen LogP contribution in [0.3, 0.4) is 0 Å². The highest BCUT2D eigenvalue weighted by molar-refractivity contribution is 7.89. The number of nitrogens with zero attached hydrogens (tertiary/aromatic N) is 1. The molecule has 48 heavy (non-hydrogen) atoms. The van der Waals surface area contributed by atoms with Crippen molar-refractivity contribution in [2.75, 3.05) is 6.61 Å². The van der Waals surface area contributed by atoms with E-state index in [1.54, 1.807) is 32.9 Å². The van der Waals surface area contributed by atoms with Gasteiger partial charge >= 0.3 is 12.1 Å². The largest absolute Gasteiger partial charge is 0.481 e. The summed E-state index contributed by atoms with van der Waals surface area (Å²) in [6.45, 7) is 28.5. The lowest BCUT2D eigenvalue weighted by Crippen LogP contribution is -2.50. The molecule has 0 spiro atoms. The monoisotopic (exact) mass is 703 g/mol. The first-order valence-electron chi connectivity index (χ1n) is 17.0. The van der Waals surface area contributed by atoms with E-state index in [0.717, 1.165) is 21.0 Å². The number of carboxylic acid groups (broad SMARTS) is 1. The number of aryl methyl sites for hydroxylation is 1. The second-order valence-electron chi connectivity index (χ2n) is 17.0. The zero-order valence-corrected chi connectivity index (χ0v) is 33.7. The van der Waals surface area contributed by atoms with Crippen molar-refractivity contribution >= 4 is 30.4 Å². The minimum Gasteiger partial charge on any atom is -0.481 e. The van der Waals surface area contributed by atoms with Gasteiger partial charge in [-0.1, -0.05) is 91.3 Å². The fourth-order valence-corrected chi connectivity index (χ4v) is 7.95. The van der Waals surface area contributed by atoms with E-state index in [1.807, 2.05) is 32.9 Å². The van der Waals surface area contributed by atoms with Gasteiger partial charge in [0.2, 0.25) is 0 Å². The highest BCUT2D eigenvalue weighted by atomic mass is 32.2. The van der Waals surface area contributed by atoms with Crippen molar-refractivity contribution in [1.29, 1.82) is 0 Å². The Hall–Kier alpha value is -2.69.